The van der Waals surface area contributed by atoms with Crippen LogP contribution in [0.4, 0.5) is 0 Å². The van der Waals surface area contributed by atoms with E-state index in [-0.39, 0.29) is 30.6 Å². The molecule has 1 fully saturated rings. The molecule has 1 aliphatic carbocycles. The lowest BCUT2D eigenvalue weighted by Gasteiger charge is -2.34. The number of hydrogen-bond acceptors (Lipinski definition) is 3. The Morgan fingerprint density at radius 1 is 1.15 bits per heavy atom. The quantitative estimate of drug-likeness (QED) is 0.808. The fraction of sp³-hybridized carbons (Fsp3) is 0.867. The zero-order valence-electron chi connectivity index (χ0n) is 13.1. The van der Waals surface area contributed by atoms with Crippen LogP contribution in [-0.2, 0) is 9.59 Å². The minimum Gasteiger partial charge on any atom is -0.480 e. The molecule has 0 radical (unpaired) electrons. The number of nitrogens with zero attached hydrogens (tertiary/aromatic N) is 1. The number of carbonyl (C=O) groups excluding carboxylic acids is 1. The molecule has 5 heteroatoms. The van der Waals surface area contributed by atoms with Crippen LogP contribution in [0.1, 0.15) is 53.4 Å². The molecule has 0 aromatic heterocycles. The molecule has 0 aromatic rings. The summed E-state index contributed by atoms with van der Waals surface area (Å²) in [5.74, 6) is -0.221. The fourth-order valence-corrected chi connectivity index (χ4v) is 2.54. The Kier molecular flexibility index (Phi) is 5.99. The molecule has 1 saturated carbocycles. The van der Waals surface area contributed by atoms with Crippen molar-refractivity contribution in [3.05, 3.63) is 0 Å². The molecule has 1 amide bonds. The summed E-state index contributed by atoms with van der Waals surface area (Å²) in [6.07, 6.45) is 4.37. The summed E-state index contributed by atoms with van der Waals surface area (Å²) in [5.41, 5.74) is -0.336. The summed E-state index contributed by atoms with van der Waals surface area (Å²) >= 11 is 0. The third-order valence-corrected chi connectivity index (χ3v) is 3.99. The van der Waals surface area contributed by atoms with Crippen molar-refractivity contribution in [1.82, 2.24) is 10.2 Å². The molecule has 0 unspecified atom stereocenters. The van der Waals surface area contributed by atoms with Gasteiger partial charge in [0.15, 0.2) is 0 Å². The Bertz CT molecular complexity index is 342. The van der Waals surface area contributed by atoms with Crippen molar-refractivity contribution < 1.29 is 14.7 Å². The normalized spacial score (nSPS) is 23.6. The molecule has 0 heterocycles. The zero-order chi connectivity index (χ0) is 15.3. The first-order valence-corrected chi connectivity index (χ1v) is 7.44. The van der Waals surface area contributed by atoms with E-state index in [0.717, 1.165) is 31.6 Å². The van der Waals surface area contributed by atoms with Crippen LogP contribution in [0.25, 0.3) is 0 Å². The highest BCUT2D eigenvalue weighted by Gasteiger charge is 2.27. The molecule has 5 nitrogen and oxygen atoms in total. The van der Waals surface area contributed by atoms with Crippen LogP contribution < -0.4 is 5.32 Å². The maximum Gasteiger partial charge on any atom is 0.317 e. The Hall–Kier alpha value is -1.10. The lowest BCUT2D eigenvalue weighted by molar-refractivity contribution is -0.140. The van der Waals surface area contributed by atoms with Crippen molar-refractivity contribution in [2.45, 2.75) is 65.0 Å². The number of carboxylic acid groups (broad SMARTS) is 1. The predicted molar refractivity (Wildman–Crippen MR) is 78.5 cm³/mol. The number of aliphatic carboxylic acids is 1. The monoisotopic (exact) mass is 284 g/mol. The Balaban J connectivity index is 2.47. The highest BCUT2D eigenvalue weighted by molar-refractivity contribution is 5.79. The van der Waals surface area contributed by atoms with E-state index >= 15 is 0 Å². The van der Waals surface area contributed by atoms with Gasteiger partial charge in [-0.05, 0) is 52.4 Å². The Morgan fingerprint density at radius 3 is 2.15 bits per heavy atom. The lowest BCUT2D eigenvalue weighted by Crippen LogP contribution is -2.51. The van der Waals surface area contributed by atoms with E-state index in [1.165, 1.54) is 0 Å². The highest BCUT2D eigenvalue weighted by Crippen LogP contribution is 2.23. The Morgan fingerprint density at radius 2 is 1.70 bits per heavy atom. The van der Waals surface area contributed by atoms with E-state index in [9.17, 15) is 9.59 Å². The van der Waals surface area contributed by atoms with Crippen LogP contribution in [0.3, 0.4) is 0 Å². The highest BCUT2D eigenvalue weighted by atomic mass is 16.4. The molecule has 116 valence electrons. The summed E-state index contributed by atoms with van der Waals surface area (Å²) in [6, 6.07) is 0.255. The van der Waals surface area contributed by atoms with Gasteiger partial charge in [0.2, 0.25) is 5.91 Å². The van der Waals surface area contributed by atoms with Gasteiger partial charge in [-0.15, -0.1) is 0 Å². The van der Waals surface area contributed by atoms with Crippen LogP contribution in [0, 0.1) is 5.92 Å². The van der Waals surface area contributed by atoms with E-state index in [4.69, 9.17) is 5.11 Å². The van der Waals surface area contributed by atoms with Crippen LogP contribution >= 0.6 is 0 Å². The summed E-state index contributed by atoms with van der Waals surface area (Å²) in [5, 5.41) is 12.0. The first-order chi connectivity index (χ1) is 9.18. The van der Waals surface area contributed by atoms with Crippen molar-refractivity contribution in [3.63, 3.8) is 0 Å². The van der Waals surface area contributed by atoms with Crippen molar-refractivity contribution in [3.8, 4) is 0 Å². The van der Waals surface area contributed by atoms with E-state index < -0.39 is 5.97 Å². The molecular weight excluding hydrogens is 256 g/mol. The van der Waals surface area contributed by atoms with Gasteiger partial charge in [-0.2, -0.15) is 0 Å². The number of carboxylic acids is 1. The van der Waals surface area contributed by atoms with Gasteiger partial charge < -0.3 is 10.4 Å². The average Bonchev–Trinajstić information content (AvgIpc) is 2.29. The summed E-state index contributed by atoms with van der Waals surface area (Å²) < 4.78 is 0. The predicted octanol–water partition coefficient (Wildman–Crippen LogP) is 1.87. The van der Waals surface area contributed by atoms with Gasteiger partial charge in [-0.3, -0.25) is 14.5 Å². The van der Waals surface area contributed by atoms with Gasteiger partial charge >= 0.3 is 5.97 Å². The fourth-order valence-electron chi connectivity index (χ4n) is 2.54. The second kappa shape index (κ2) is 7.07. The molecule has 0 aliphatic heterocycles. The van der Waals surface area contributed by atoms with Gasteiger partial charge in [0.25, 0.3) is 0 Å². The maximum absolute atomic E-state index is 12.1. The van der Waals surface area contributed by atoms with E-state index in [0.29, 0.717) is 0 Å². The summed E-state index contributed by atoms with van der Waals surface area (Å²) in [7, 11) is 0. The molecule has 2 N–H and O–H groups in total. The number of amides is 1. The number of hydrogen-bond donors (Lipinski definition) is 2. The van der Waals surface area contributed by atoms with Gasteiger partial charge in [0, 0.05) is 11.6 Å². The molecule has 1 rings (SSSR count). The first-order valence-electron chi connectivity index (χ1n) is 7.44. The first kappa shape index (κ1) is 17.0. The van der Waals surface area contributed by atoms with Crippen LogP contribution in [0.2, 0.25) is 0 Å². The van der Waals surface area contributed by atoms with Gasteiger partial charge in [-0.1, -0.05) is 6.92 Å². The van der Waals surface area contributed by atoms with Crippen LogP contribution in [0.5, 0.6) is 0 Å². The second-order valence-corrected chi connectivity index (χ2v) is 6.94. The second-order valence-electron chi connectivity index (χ2n) is 6.94. The number of carbonyl (C=O) groups is 2. The van der Waals surface area contributed by atoms with E-state index in [1.54, 1.807) is 4.90 Å². The molecule has 0 atom stereocenters. The van der Waals surface area contributed by atoms with Crippen LogP contribution in [0.15, 0.2) is 0 Å². The Labute approximate surface area is 121 Å². The standard InChI is InChI=1S/C15H28N2O3/c1-11-5-7-12(8-6-11)16-13(18)9-17(10-14(19)20)15(2,3)4/h11-12H,5-10H2,1-4H3,(H,16,18)(H,19,20). The smallest absolute Gasteiger partial charge is 0.317 e. The summed E-state index contributed by atoms with van der Waals surface area (Å²) in [4.78, 5) is 24.7. The number of nitrogens with one attached hydrogen (secondary N) is 1. The topological polar surface area (TPSA) is 69.6 Å². The maximum atomic E-state index is 12.1. The molecule has 0 aromatic carbocycles. The van der Waals surface area contributed by atoms with Gasteiger partial charge in [0.1, 0.15) is 0 Å². The molecule has 1 aliphatic rings. The van der Waals surface area contributed by atoms with Crippen molar-refractivity contribution in [1.29, 1.82) is 0 Å². The van der Waals surface area contributed by atoms with E-state index in [2.05, 4.69) is 12.2 Å². The molecule has 0 bridgehead atoms. The minimum absolute atomic E-state index is 0.0688. The largest absolute Gasteiger partial charge is 0.480 e. The molecule has 0 saturated heterocycles. The summed E-state index contributed by atoms with van der Waals surface area (Å²) in [6.45, 7) is 8.04. The van der Waals surface area contributed by atoms with Gasteiger partial charge in [0.05, 0.1) is 13.1 Å². The van der Waals surface area contributed by atoms with Crippen molar-refractivity contribution >= 4 is 11.9 Å². The molecule has 20 heavy (non-hydrogen) atoms. The number of rotatable bonds is 5. The van der Waals surface area contributed by atoms with Gasteiger partial charge in [-0.25, -0.2) is 0 Å². The average molecular weight is 284 g/mol. The van der Waals surface area contributed by atoms with Crippen molar-refractivity contribution in [2.75, 3.05) is 13.1 Å². The third-order valence-electron chi connectivity index (χ3n) is 3.99. The SMILES string of the molecule is CC1CCC(NC(=O)CN(CC(=O)O)C(C)(C)C)CC1. The third kappa shape index (κ3) is 5.90. The van der Waals surface area contributed by atoms with Crippen LogP contribution in [-0.4, -0.2) is 46.6 Å². The van der Waals surface area contributed by atoms with Crippen molar-refractivity contribution in [2.24, 2.45) is 5.92 Å². The zero-order valence-corrected chi connectivity index (χ0v) is 13.1. The lowest BCUT2D eigenvalue weighted by atomic mass is 9.87. The minimum atomic E-state index is -0.904. The van der Waals surface area contributed by atoms with E-state index in [1.807, 2.05) is 20.8 Å². The molecule has 0 spiro atoms. The molecular formula is C15H28N2O3.